The molecule has 1 heterocycles. The van der Waals surface area contributed by atoms with Gasteiger partial charge >= 0.3 is 0 Å². The van der Waals surface area contributed by atoms with E-state index in [1.807, 2.05) is 24.3 Å². The lowest BCUT2D eigenvalue weighted by Crippen LogP contribution is -2.09. The Bertz CT molecular complexity index is 802. The minimum Gasteiger partial charge on any atom is -0.379 e. The van der Waals surface area contributed by atoms with Crippen LogP contribution < -0.4 is 0 Å². The van der Waals surface area contributed by atoms with Crippen molar-refractivity contribution in [2.45, 2.75) is 20.4 Å². The van der Waals surface area contributed by atoms with Gasteiger partial charge in [-0.25, -0.2) is 0 Å². The second-order valence-corrected chi connectivity index (χ2v) is 6.03. The van der Waals surface area contributed by atoms with Gasteiger partial charge in [0, 0.05) is 40.5 Å². The Kier molecular flexibility index (Phi) is 4.25. The summed E-state index contributed by atoms with van der Waals surface area (Å²) in [4.78, 5) is 11.1. The zero-order valence-corrected chi connectivity index (χ0v) is 13.1. The fourth-order valence-corrected chi connectivity index (χ4v) is 2.86. The zero-order chi connectivity index (χ0) is 15.5. The molecule has 3 rings (SSSR count). The molecule has 3 aromatic rings. The highest BCUT2D eigenvalue weighted by atomic mass is 16.5. The first-order chi connectivity index (χ1) is 10.7. The molecule has 0 saturated heterocycles. The summed E-state index contributed by atoms with van der Waals surface area (Å²) in [6.45, 7) is 6.54. The molecule has 0 aliphatic heterocycles. The second-order valence-electron chi connectivity index (χ2n) is 6.03. The Labute approximate surface area is 130 Å². The minimum atomic E-state index is 0.541. The van der Waals surface area contributed by atoms with Gasteiger partial charge in [-0.05, 0) is 18.1 Å². The third-order valence-corrected chi connectivity index (χ3v) is 3.84. The maximum Gasteiger partial charge on any atom is 0.150 e. The quantitative estimate of drug-likeness (QED) is 0.502. The molecule has 0 radical (unpaired) electrons. The van der Waals surface area contributed by atoms with E-state index >= 15 is 0 Å². The van der Waals surface area contributed by atoms with Crippen molar-refractivity contribution in [1.29, 1.82) is 0 Å². The Morgan fingerprint density at radius 2 is 1.86 bits per heavy atom. The highest BCUT2D eigenvalue weighted by Crippen LogP contribution is 2.29. The van der Waals surface area contributed by atoms with Crippen LogP contribution in [0.2, 0.25) is 0 Å². The lowest BCUT2D eigenvalue weighted by Gasteiger charge is -2.10. The van der Waals surface area contributed by atoms with Crippen molar-refractivity contribution in [3.63, 3.8) is 0 Å². The number of carbonyl (C=O) groups excluding carboxylic acids is 1. The summed E-state index contributed by atoms with van der Waals surface area (Å²) in [6, 6.07) is 14.2. The molecule has 0 aliphatic carbocycles. The number of rotatable bonds is 6. The summed E-state index contributed by atoms with van der Waals surface area (Å²) < 4.78 is 7.98. The summed E-state index contributed by atoms with van der Waals surface area (Å²) in [5.74, 6) is 0.541. The molecule has 1 aromatic heterocycles. The van der Waals surface area contributed by atoms with E-state index in [2.05, 4.69) is 36.6 Å². The van der Waals surface area contributed by atoms with Crippen LogP contribution in [0.5, 0.6) is 0 Å². The number of fused-ring (bicyclic) bond motifs is 3. The lowest BCUT2D eigenvalue weighted by molar-refractivity contribution is 0.104. The summed E-state index contributed by atoms with van der Waals surface area (Å²) in [5.41, 5.74) is 2.99. The van der Waals surface area contributed by atoms with E-state index in [0.717, 1.165) is 25.0 Å². The smallest absolute Gasteiger partial charge is 0.150 e. The van der Waals surface area contributed by atoms with Crippen molar-refractivity contribution in [3.05, 3.63) is 48.0 Å². The number of hydrogen-bond donors (Lipinski definition) is 0. The number of nitrogens with zero attached hydrogens (tertiary/aromatic N) is 1. The number of benzene rings is 2. The predicted octanol–water partition coefficient (Wildman–Crippen LogP) is 4.28. The molecule has 0 bridgehead atoms. The minimum absolute atomic E-state index is 0.541. The molecule has 22 heavy (non-hydrogen) atoms. The summed E-state index contributed by atoms with van der Waals surface area (Å²) >= 11 is 0. The molecule has 2 aromatic carbocycles. The van der Waals surface area contributed by atoms with Gasteiger partial charge in [0.25, 0.3) is 0 Å². The molecule has 0 unspecified atom stereocenters. The predicted molar refractivity (Wildman–Crippen MR) is 90.5 cm³/mol. The Morgan fingerprint density at radius 3 is 2.64 bits per heavy atom. The van der Waals surface area contributed by atoms with Crippen LogP contribution in [0.15, 0.2) is 42.5 Å². The van der Waals surface area contributed by atoms with Crippen LogP contribution in [0, 0.1) is 5.92 Å². The van der Waals surface area contributed by atoms with Gasteiger partial charge in [-0.3, -0.25) is 4.79 Å². The van der Waals surface area contributed by atoms with Crippen molar-refractivity contribution in [3.8, 4) is 0 Å². The van der Waals surface area contributed by atoms with Gasteiger partial charge in [0.1, 0.15) is 6.29 Å². The fourth-order valence-electron chi connectivity index (χ4n) is 2.86. The fraction of sp³-hybridized carbons (Fsp3) is 0.316. The van der Waals surface area contributed by atoms with E-state index in [4.69, 9.17) is 4.74 Å². The Hall–Kier alpha value is -2.13. The third-order valence-electron chi connectivity index (χ3n) is 3.84. The zero-order valence-electron chi connectivity index (χ0n) is 13.1. The van der Waals surface area contributed by atoms with Crippen molar-refractivity contribution < 1.29 is 9.53 Å². The van der Waals surface area contributed by atoms with Crippen LogP contribution in [0.1, 0.15) is 24.2 Å². The summed E-state index contributed by atoms with van der Waals surface area (Å²) in [6.07, 6.45) is 0.900. The molecule has 0 amide bonds. The van der Waals surface area contributed by atoms with Crippen LogP contribution in [0.3, 0.4) is 0 Å². The number of carbonyl (C=O) groups is 1. The highest BCUT2D eigenvalue weighted by Gasteiger charge is 2.10. The summed E-state index contributed by atoms with van der Waals surface area (Å²) in [5, 5.41) is 2.41. The van der Waals surface area contributed by atoms with Gasteiger partial charge in [-0.2, -0.15) is 0 Å². The van der Waals surface area contributed by atoms with Crippen molar-refractivity contribution in [2.75, 3.05) is 13.2 Å². The first-order valence-electron chi connectivity index (χ1n) is 7.74. The SMILES string of the molecule is CC(C)COCCn1c2ccccc2c2ccc(C=O)cc21. The van der Waals surface area contributed by atoms with Crippen LogP contribution in [0.25, 0.3) is 21.8 Å². The van der Waals surface area contributed by atoms with Crippen molar-refractivity contribution >= 4 is 28.1 Å². The molecule has 0 N–H and O–H groups in total. The largest absolute Gasteiger partial charge is 0.379 e. The standard InChI is InChI=1S/C19H21NO2/c1-14(2)13-22-10-9-20-18-6-4-3-5-16(18)17-8-7-15(12-21)11-19(17)20/h3-8,11-12,14H,9-10,13H2,1-2H3. The number of ether oxygens (including phenoxy) is 1. The van der Waals surface area contributed by atoms with Gasteiger partial charge in [-0.15, -0.1) is 0 Å². The molecular formula is C19H21NO2. The Balaban J connectivity index is 2.02. The van der Waals surface area contributed by atoms with E-state index < -0.39 is 0 Å². The van der Waals surface area contributed by atoms with E-state index in [1.165, 1.54) is 16.3 Å². The second kappa shape index (κ2) is 6.32. The molecule has 3 heteroatoms. The molecule has 3 nitrogen and oxygen atoms in total. The molecular weight excluding hydrogens is 274 g/mol. The topological polar surface area (TPSA) is 31.2 Å². The monoisotopic (exact) mass is 295 g/mol. The third kappa shape index (κ3) is 2.77. The molecule has 0 spiro atoms. The van der Waals surface area contributed by atoms with E-state index in [9.17, 15) is 4.79 Å². The molecule has 0 atom stereocenters. The molecule has 0 aliphatic rings. The first-order valence-corrected chi connectivity index (χ1v) is 7.74. The van der Waals surface area contributed by atoms with Gasteiger partial charge in [0.05, 0.1) is 6.61 Å². The first kappa shape index (κ1) is 14.8. The number of hydrogen-bond acceptors (Lipinski definition) is 2. The van der Waals surface area contributed by atoms with E-state index in [1.54, 1.807) is 0 Å². The van der Waals surface area contributed by atoms with Crippen molar-refractivity contribution in [1.82, 2.24) is 4.57 Å². The average molecular weight is 295 g/mol. The Morgan fingerprint density at radius 1 is 1.09 bits per heavy atom. The van der Waals surface area contributed by atoms with Gasteiger partial charge in [-0.1, -0.05) is 44.2 Å². The lowest BCUT2D eigenvalue weighted by atomic mass is 10.1. The van der Waals surface area contributed by atoms with Crippen LogP contribution in [-0.2, 0) is 11.3 Å². The normalized spacial score (nSPS) is 11.6. The van der Waals surface area contributed by atoms with Crippen molar-refractivity contribution in [2.24, 2.45) is 5.92 Å². The van der Waals surface area contributed by atoms with Gasteiger partial charge in [0.2, 0.25) is 0 Å². The molecule has 0 fully saturated rings. The maximum absolute atomic E-state index is 11.1. The number of aromatic nitrogens is 1. The maximum atomic E-state index is 11.1. The van der Waals surface area contributed by atoms with Crippen LogP contribution in [0.4, 0.5) is 0 Å². The highest BCUT2D eigenvalue weighted by molar-refractivity contribution is 6.09. The summed E-state index contributed by atoms with van der Waals surface area (Å²) in [7, 11) is 0. The number of aldehydes is 1. The van der Waals surface area contributed by atoms with Gasteiger partial charge in [0.15, 0.2) is 0 Å². The van der Waals surface area contributed by atoms with Crippen LogP contribution >= 0.6 is 0 Å². The molecule has 114 valence electrons. The average Bonchev–Trinajstić information content (AvgIpc) is 2.84. The van der Waals surface area contributed by atoms with E-state index in [-0.39, 0.29) is 0 Å². The number of para-hydroxylation sites is 1. The van der Waals surface area contributed by atoms with E-state index in [0.29, 0.717) is 18.1 Å². The van der Waals surface area contributed by atoms with Crippen LogP contribution in [-0.4, -0.2) is 24.1 Å². The molecule has 0 saturated carbocycles. The van der Waals surface area contributed by atoms with Gasteiger partial charge < -0.3 is 9.30 Å².